The molecule has 0 aromatic carbocycles. The Bertz CT molecular complexity index is 1870. The molecule has 0 spiro atoms. The lowest BCUT2D eigenvalue weighted by Gasteiger charge is -2.31. The van der Waals surface area contributed by atoms with Crippen LogP contribution in [-0.2, 0) is 23.0 Å². The second-order valence-corrected chi connectivity index (χ2v) is 16.4. The van der Waals surface area contributed by atoms with Gasteiger partial charge >= 0.3 is 0 Å². The highest BCUT2D eigenvalue weighted by molar-refractivity contribution is 7.71. The van der Waals surface area contributed by atoms with E-state index in [1.54, 1.807) is 25.2 Å². The van der Waals surface area contributed by atoms with Gasteiger partial charge < -0.3 is 34.5 Å². The van der Waals surface area contributed by atoms with Crippen LogP contribution >= 0.6 is 14.5 Å². The predicted octanol–water partition coefficient (Wildman–Crippen LogP) is 2.52. The number of anilines is 2. The van der Waals surface area contributed by atoms with E-state index < -0.39 is 63.7 Å². The van der Waals surface area contributed by atoms with Gasteiger partial charge in [0.15, 0.2) is 47.7 Å². The quantitative estimate of drug-likeness (QED) is 0.302. The molecule has 4 aromatic heterocycles. The third-order valence-electron chi connectivity index (χ3n) is 7.61. The number of hydrogen-bond donors (Lipinski definition) is 2. The van der Waals surface area contributed by atoms with Crippen LogP contribution in [0.15, 0.2) is 37.2 Å². The van der Waals surface area contributed by atoms with E-state index in [1.807, 2.05) is 0 Å². The molecule has 2 saturated heterocycles. The van der Waals surface area contributed by atoms with Crippen LogP contribution in [0.2, 0.25) is 0 Å². The molecule has 19 heteroatoms. The van der Waals surface area contributed by atoms with Crippen molar-refractivity contribution in [2.75, 3.05) is 31.4 Å². The van der Waals surface area contributed by atoms with E-state index in [0.717, 1.165) is 0 Å². The number of hydrogen-bond acceptors (Lipinski definition) is 13. The molecule has 4 N–H and O–H groups in total. The number of nitrogen functional groups attached to an aromatic ring is 2. The number of alkyl halides is 2. The normalized spacial score (nSPS) is 38.6. The topological polar surface area (TPSA) is 185 Å². The van der Waals surface area contributed by atoms with Crippen molar-refractivity contribution in [2.45, 2.75) is 49.2 Å². The molecule has 4 aromatic rings. The van der Waals surface area contributed by atoms with Crippen molar-refractivity contribution in [1.82, 2.24) is 39.0 Å². The van der Waals surface area contributed by atoms with Crippen molar-refractivity contribution in [3.8, 4) is 0 Å². The zero-order chi connectivity index (χ0) is 31.0. The first kappa shape index (κ1) is 29.4. The van der Waals surface area contributed by atoms with Crippen molar-refractivity contribution in [3.63, 3.8) is 0 Å². The molecule has 3 aliphatic rings. The number of ether oxygens (including phenoxy) is 2. The Hall–Kier alpha value is -3.30. The van der Waals surface area contributed by atoms with Crippen LogP contribution in [0, 0.1) is 0 Å². The maximum Gasteiger partial charge on any atom is 0.174 e. The molecule has 7 heterocycles. The number of imidazole rings is 2. The first-order chi connectivity index (χ1) is 20.9. The van der Waals surface area contributed by atoms with Gasteiger partial charge in [0.05, 0.1) is 19.3 Å². The molecule has 234 valence electrons. The first-order valence-electron chi connectivity index (χ1n) is 13.5. The van der Waals surface area contributed by atoms with Gasteiger partial charge in [0.1, 0.15) is 55.4 Å². The molecule has 2 fully saturated rings. The highest BCUT2D eigenvalue weighted by atomic mass is 31.2. The molecule has 10 atom stereocenters. The standard InChI is InChI=1S/C25H30F2N10O5P2/c1-43(2)6-5-12-18(14(26)24(39-12)36-10-34-16-20(28)30-8-32-22(16)36)42-44(3,4)38-7-13-19(41-43)15(27)25(40-13)37-11-35-17-21(29)31-9-33-23(17)37/h5-6,8-15,18-19,24-25H,1,3,7H2,2,4H3,(H2,28,30,32)(H2,29,31,33)/b6-5+/t12-,13-,14-,15-,18-,19-,24-,25-,43?,44?/m1/s1. The third kappa shape index (κ3) is 5.02. The molecule has 7 rings (SSSR count). The van der Waals surface area contributed by atoms with Crippen LogP contribution < -0.4 is 11.5 Å². The zero-order valence-corrected chi connectivity index (χ0v) is 25.4. The summed E-state index contributed by atoms with van der Waals surface area (Å²) in [5.74, 6) is 2.00. The van der Waals surface area contributed by atoms with Crippen LogP contribution in [0.25, 0.3) is 22.3 Å². The van der Waals surface area contributed by atoms with Crippen LogP contribution in [0.3, 0.4) is 0 Å². The van der Waals surface area contributed by atoms with Crippen molar-refractivity contribution in [3.05, 3.63) is 37.2 Å². The Labute approximate surface area is 249 Å². The average molecular weight is 651 g/mol. The molecule has 0 bridgehead atoms. The fourth-order valence-electron chi connectivity index (χ4n) is 5.54. The van der Waals surface area contributed by atoms with Gasteiger partial charge in [-0.3, -0.25) is 9.13 Å². The maximum absolute atomic E-state index is 16.2. The number of nitrogens with zero attached hydrogens (tertiary/aromatic N) is 8. The number of fused-ring (bicyclic) bond motifs is 4. The molecule has 2 unspecified atom stereocenters. The number of rotatable bonds is 2. The molecule has 0 saturated carbocycles. The van der Waals surface area contributed by atoms with Crippen molar-refractivity contribution in [2.24, 2.45) is 0 Å². The Morgan fingerprint density at radius 1 is 0.818 bits per heavy atom. The minimum Gasteiger partial charge on any atom is -0.382 e. The average Bonchev–Trinajstić information content (AvgIpc) is 3.73. The van der Waals surface area contributed by atoms with Crippen molar-refractivity contribution >= 4 is 61.0 Å². The summed E-state index contributed by atoms with van der Waals surface area (Å²) in [6, 6.07) is 0. The predicted molar refractivity (Wildman–Crippen MR) is 162 cm³/mol. The SMILES string of the molecule is C=P1(C)/C=C/[C@H]2O[C@@H](n3cnc4c(N)ncnc43)[C@H](F)[C@@H]2OP(=C)(C)OC[C@H]2O[C@@H](n3cnc4c(N)ncnc43)[C@H](F)[C@@H]2O1. The van der Waals surface area contributed by atoms with Gasteiger partial charge in [-0.2, -0.15) is 0 Å². The van der Waals surface area contributed by atoms with Crippen molar-refractivity contribution < 1.29 is 31.8 Å². The summed E-state index contributed by atoms with van der Waals surface area (Å²) in [5.41, 5.74) is 13.1. The molecular formula is C25H30F2N10O5P2. The summed E-state index contributed by atoms with van der Waals surface area (Å²) in [4.78, 5) is 24.7. The molecule has 0 radical (unpaired) electrons. The van der Waals surface area contributed by atoms with Crippen LogP contribution in [-0.4, -0.2) is 108 Å². The van der Waals surface area contributed by atoms with Gasteiger partial charge in [0.25, 0.3) is 0 Å². The Morgan fingerprint density at radius 2 is 1.39 bits per heavy atom. The fourth-order valence-corrected chi connectivity index (χ4v) is 8.23. The van der Waals surface area contributed by atoms with E-state index in [-0.39, 0.29) is 18.2 Å². The first-order valence-corrected chi connectivity index (χ1v) is 18.2. The molecular weight excluding hydrogens is 620 g/mol. The van der Waals surface area contributed by atoms with Gasteiger partial charge in [-0.15, -0.1) is 0 Å². The Balaban J connectivity index is 1.20. The van der Waals surface area contributed by atoms with Crippen molar-refractivity contribution in [1.29, 1.82) is 0 Å². The van der Waals surface area contributed by atoms with Gasteiger partial charge in [-0.25, -0.2) is 38.7 Å². The van der Waals surface area contributed by atoms with Gasteiger partial charge in [0.2, 0.25) is 0 Å². The summed E-state index contributed by atoms with van der Waals surface area (Å²) in [6.07, 6.45) is 5.63. The summed E-state index contributed by atoms with van der Waals surface area (Å²) in [5, 5.41) is 0. The Morgan fingerprint density at radius 3 is 2.00 bits per heavy atom. The molecule has 44 heavy (non-hydrogen) atoms. The van der Waals surface area contributed by atoms with Gasteiger partial charge in [0, 0.05) is 13.8 Å². The highest BCUT2D eigenvalue weighted by Crippen LogP contribution is 2.54. The van der Waals surface area contributed by atoms with E-state index in [0.29, 0.717) is 22.3 Å². The van der Waals surface area contributed by atoms with E-state index in [1.165, 1.54) is 34.4 Å². The fraction of sp³-hybridized carbons (Fsp3) is 0.440. The van der Waals surface area contributed by atoms with Gasteiger partial charge in [-0.05, 0) is 12.5 Å². The number of aromatic nitrogens is 8. The molecule has 3 aliphatic heterocycles. The third-order valence-corrected chi connectivity index (χ3v) is 10.5. The number of halogens is 2. The monoisotopic (exact) mass is 650 g/mol. The maximum atomic E-state index is 16.2. The lowest BCUT2D eigenvalue weighted by Crippen LogP contribution is -2.35. The smallest absolute Gasteiger partial charge is 0.174 e. The van der Waals surface area contributed by atoms with E-state index in [4.69, 9.17) is 34.5 Å². The van der Waals surface area contributed by atoms with Crippen LogP contribution in [0.4, 0.5) is 20.4 Å². The summed E-state index contributed by atoms with van der Waals surface area (Å²) in [6.45, 7) is 3.24. The molecule has 15 nitrogen and oxygen atoms in total. The van der Waals surface area contributed by atoms with Gasteiger partial charge in [-0.1, -0.05) is 18.7 Å². The molecule has 0 amide bonds. The van der Waals surface area contributed by atoms with Crippen LogP contribution in [0.1, 0.15) is 12.5 Å². The highest BCUT2D eigenvalue weighted by Gasteiger charge is 2.51. The van der Waals surface area contributed by atoms with E-state index >= 15 is 8.78 Å². The zero-order valence-electron chi connectivity index (χ0n) is 23.6. The summed E-state index contributed by atoms with van der Waals surface area (Å²) >= 11 is 0. The Kier molecular flexibility index (Phi) is 7.12. The second kappa shape index (κ2) is 10.7. The summed E-state index contributed by atoms with van der Waals surface area (Å²) < 4.78 is 66.2. The largest absolute Gasteiger partial charge is 0.382 e. The lowest BCUT2D eigenvalue weighted by atomic mass is 10.1. The lowest BCUT2D eigenvalue weighted by molar-refractivity contribution is -0.0401. The minimum atomic E-state index is -2.98. The van der Waals surface area contributed by atoms with E-state index in [2.05, 4.69) is 42.5 Å². The minimum absolute atomic E-state index is 0.149. The van der Waals surface area contributed by atoms with Crippen LogP contribution in [0.5, 0.6) is 0 Å². The molecule has 0 aliphatic carbocycles. The number of nitrogens with two attached hydrogens (primary N) is 2. The van der Waals surface area contributed by atoms with E-state index in [9.17, 15) is 0 Å². The second-order valence-electron chi connectivity index (χ2n) is 11.1. The summed E-state index contributed by atoms with van der Waals surface area (Å²) in [7, 11) is -5.66.